The summed E-state index contributed by atoms with van der Waals surface area (Å²) in [6.07, 6.45) is 10.5. The molecular formula is C14H25NO. The van der Waals surface area contributed by atoms with Crippen molar-refractivity contribution in [1.29, 1.82) is 0 Å². The molecule has 0 aliphatic heterocycles. The first-order chi connectivity index (χ1) is 7.84. The molecule has 2 atom stereocenters. The fraction of sp³-hybridized carbons (Fsp3) is 1.00. The van der Waals surface area contributed by atoms with Crippen LogP contribution >= 0.6 is 0 Å². The summed E-state index contributed by atoms with van der Waals surface area (Å²) in [5.41, 5.74) is 0. The van der Waals surface area contributed by atoms with E-state index in [1.165, 1.54) is 51.5 Å². The van der Waals surface area contributed by atoms with Gasteiger partial charge in [0.1, 0.15) is 0 Å². The third-order valence-electron chi connectivity index (χ3n) is 4.80. The average Bonchev–Trinajstić information content (AvgIpc) is 3.15. The summed E-state index contributed by atoms with van der Waals surface area (Å²) in [7, 11) is 0. The van der Waals surface area contributed by atoms with Gasteiger partial charge in [-0.2, -0.15) is 0 Å². The van der Waals surface area contributed by atoms with Crippen LogP contribution in [0, 0.1) is 17.8 Å². The molecule has 0 spiro atoms. The summed E-state index contributed by atoms with van der Waals surface area (Å²) < 4.78 is 0. The van der Waals surface area contributed by atoms with Crippen LogP contribution in [0.5, 0.6) is 0 Å². The molecule has 2 unspecified atom stereocenters. The van der Waals surface area contributed by atoms with Crippen LogP contribution in [0.4, 0.5) is 0 Å². The van der Waals surface area contributed by atoms with Crippen molar-refractivity contribution in [3.8, 4) is 0 Å². The van der Waals surface area contributed by atoms with Gasteiger partial charge in [0.15, 0.2) is 0 Å². The number of hydrogen-bond donors (Lipinski definition) is 2. The molecule has 0 radical (unpaired) electrons. The van der Waals surface area contributed by atoms with Crippen molar-refractivity contribution in [2.75, 3.05) is 6.54 Å². The van der Waals surface area contributed by atoms with E-state index in [0.29, 0.717) is 6.04 Å². The van der Waals surface area contributed by atoms with Crippen molar-refractivity contribution in [2.45, 2.75) is 63.5 Å². The molecule has 3 saturated carbocycles. The largest absolute Gasteiger partial charge is 0.392 e. The Hall–Kier alpha value is -0.0800. The van der Waals surface area contributed by atoms with Crippen molar-refractivity contribution in [3.05, 3.63) is 0 Å². The second-order valence-electron chi connectivity index (χ2n) is 6.21. The standard InChI is InChI=1S/C14H25NO/c16-14-4-2-1-3-13(14)15-9-12(10-5-6-10)11-7-8-11/h10-16H,1-9H2. The molecular weight excluding hydrogens is 198 g/mol. The number of hydrogen-bond acceptors (Lipinski definition) is 2. The first-order valence-corrected chi connectivity index (χ1v) is 7.26. The molecule has 0 aromatic heterocycles. The van der Waals surface area contributed by atoms with E-state index in [0.717, 1.165) is 24.2 Å². The van der Waals surface area contributed by atoms with Crippen LogP contribution in [0.2, 0.25) is 0 Å². The quantitative estimate of drug-likeness (QED) is 0.749. The molecule has 0 saturated heterocycles. The Morgan fingerprint density at radius 1 is 0.938 bits per heavy atom. The molecule has 0 heterocycles. The maximum absolute atomic E-state index is 9.93. The zero-order valence-electron chi connectivity index (χ0n) is 10.2. The fourth-order valence-corrected chi connectivity index (χ4v) is 3.40. The Bertz CT molecular complexity index is 223. The van der Waals surface area contributed by atoms with Gasteiger partial charge >= 0.3 is 0 Å². The topological polar surface area (TPSA) is 32.3 Å². The highest BCUT2D eigenvalue weighted by molar-refractivity contribution is 4.93. The van der Waals surface area contributed by atoms with Gasteiger partial charge in [0.25, 0.3) is 0 Å². The highest BCUT2D eigenvalue weighted by Gasteiger charge is 2.41. The SMILES string of the molecule is OC1CCCCC1NCC(C1CC1)C1CC1. The Balaban J connectivity index is 1.46. The summed E-state index contributed by atoms with van der Waals surface area (Å²) in [4.78, 5) is 0. The second kappa shape index (κ2) is 4.66. The zero-order chi connectivity index (χ0) is 11.0. The molecule has 2 nitrogen and oxygen atoms in total. The van der Waals surface area contributed by atoms with Crippen molar-refractivity contribution in [2.24, 2.45) is 17.8 Å². The molecule has 0 aromatic carbocycles. The van der Waals surface area contributed by atoms with Gasteiger partial charge in [-0.15, -0.1) is 0 Å². The first-order valence-electron chi connectivity index (χ1n) is 7.26. The number of aliphatic hydroxyl groups is 1. The van der Waals surface area contributed by atoms with E-state index in [9.17, 15) is 5.11 Å². The third kappa shape index (κ3) is 2.60. The van der Waals surface area contributed by atoms with Crippen molar-refractivity contribution in [1.82, 2.24) is 5.32 Å². The van der Waals surface area contributed by atoms with Crippen molar-refractivity contribution in [3.63, 3.8) is 0 Å². The molecule has 0 bridgehead atoms. The van der Waals surface area contributed by atoms with E-state index in [2.05, 4.69) is 5.32 Å². The van der Waals surface area contributed by atoms with Gasteiger partial charge in [0, 0.05) is 6.04 Å². The molecule has 0 amide bonds. The molecule has 16 heavy (non-hydrogen) atoms. The van der Waals surface area contributed by atoms with Crippen LogP contribution in [0.25, 0.3) is 0 Å². The first kappa shape index (κ1) is 11.0. The van der Waals surface area contributed by atoms with Gasteiger partial charge in [-0.25, -0.2) is 0 Å². The molecule has 2 heteroatoms. The van der Waals surface area contributed by atoms with Gasteiger partial charge in [-0.05, 0) is 62.8 Å². The predicted octanol–water partition coefficient (Wildman–Crippen LogP) is 2.32. The lowest BCUT2D eigenvalue weighted by Gasteiger charge is -2.30. The van der Waals surface area contributed by atoms with E-state index in [4.69, 9.17) is 0 Å². The van der Waals surface area contributed by atoms with E-state index in [1.807, 2.05) is 0 Å². The minimum atomic E-state index is -0.0761. The summed E-state index contributed by atoms with van der Waals surface area (Å²) in [6, 6.07) is 0.397. The van der Waals surface area contributed by atoms with Gasteiger partial charge in [-0.1, -0.05) is 12.8 Å². The van der Waals surface area contributed by atoms with Gasteiger partial charge < -0.3 is 10.4 Å². The minimum Gasteiger partial charge on any atom is -0.392 e. The molecule has 3 rings (SSSR count). The van der Waals surface area contributed by atoms with E-state index in [-0.39, 0.29) is 6.10 Å². The average molecular weight is 223 g/mol. The Morgan fingerprint density at radius 2 is 1.56 bits per heavy atom. The van der Waals surface area contributed by atoms with Gasteiger partial charge in [0.2, 0.25) is 0 Å². The van der Waals surface area contributed by atoms with Crippen LogP contribution in [-0.2, 0) is 0 Å². The lowest BCUT2D eigenvalue weighted by atomic mass is 9.91. The smallest absolute Gasteiger partial charge is 0.0693 e. The molecule has 2 N–H and O–H groups in total. The highest BCUT2D eigenvalue weighted by atomic mass is 16.3. The second-order valence-corrected chi connectivity index (χ2v) is 6.21. The summed E-state index contributed by atoms with van der Waals surface area (Å²) in [6.45, 7) is 1.18. The predicted molar refractivity (Wildman–Crippen MR) is 65.2 cm³/mol. The van der Waals surface area contributed by atoms with E-state index >= 15 is 0 Å². The lowest BCUT2D eigenvalue weighted by molar-refractivity contribution is 0.0874. The minimum absolute atomic E-state index is 0.0761. The number of nitrogens with one attached hydrogen (secondary N) is 1. The summed E-state index contributed by atoms with van der Waals surface area (Å²) in [5.74, 6) is 3.00. The van der Waals surface area contributed by atoms with Gasteiger partial charge in [-0.3, -0.25) is 0 Å². The number of rotatable bonds is 5. The van der Waals surface area contributed by atoms with Crippen molar-refractivity contribution >= 4 is 0 Å². The molecule has 3 aliphatic rings. The van der Waals surface area contributed by atoms with Crippen LogP contribution in [0.1, 0.15) is 51.4 Å². The maximum Gasteiger partial charge on any atom is 0.0693 e. The third-order valence-corrected chi connectivity index (χ3v) is 4.80. The van der Waals surface area contributed by atoms with Crippen LogP contribution < -0.4 is 5.32 Å². The molecule has 92 valence electrons. The van der Waals surface area contributed by atoms with E-state index < -0.39 is 0 Å². The lowest BCUT2D eigenvalue weighted by Crippen LogP contribution is -2.44. The monoisotopic (exact) mass is 223 g/mol. The highest BCUT2D eigenvalue weighted by Crippen LogP contribution is 2.48. The van der Waals surface area contributed by atoms with Gasteiger partial charge in [0.05, 0.1) is 6.10 Å². The fourth-order valence-electron chi connectivity index (χ4n) is 3.40. The molecule has 3 fully saturated rings. The Labute approximate surface area is 98.8 Å². The number of aliphatic hydroxyl groups excluding tert-OH is 1. The molecule has 0 aromatic rings. The van der Waals surface area contributed by atoms with E-state index in [1.54, 1.807) is 0 Å². The van der Waals surface area contributed by atoms with Crippen LogP contribution in [0.3, 0.4) is 0 Å². The molecule has 3 aliphatic carbocycles. The summed E-state index contributed by atoms with van der Waals surface area (Å²) >= 11 is 0. The van der Waals surface area contributed by atoms with Crippen molar-refractivity contribution < 1.29 is 5.11 Å². The zero-order valence-corrected chi connectivity index (χ0v) is 10.2. The van der Waals surface area contributed by atoms with Crippen LogP contribution in [0.15, 0.2) is 0 Å². The Morgan fingerprint density at radius 3 is 2.12 bits per heavy atom. The maximum atomic E-state index is 9.93. The Kier molecular flexibility index (Phi) is 3.21. The summed E-state index contributed by atoms with van der Waals surface area (Å²) in [5, 5.41) is 13.6. The van der Waals surface area contributed by atoms with Crippen LogP contribution in [-0.4, -0.2) is 23.8 Å². The normalized spacial score (nSPS) is 35.6.